The number of nitrogens with two attached hydrogens (primary N) is 1. The van der Waals surface area contributed by atoms with Gasteiger partial charge in [0, 0.05) is 29.2 Å². The molecule has 0 bridgehead atoms. The first-order valence-electron chi connectivity index (χ1n) is 14.9. The maximum atomic E-state index is 13.9. The van der Waals surface area contributed by atoms with E-state index in [0.717, 1.165) is 43.2 Å². The third-order valence-corrected chi connectivity index (χ3v) is 8.55. The molecule has 42 heavy (non-hydrogen) atoms. The summed E-state index contributed by atoms with van der Waals surface area (Å²) in [6.07, 6.45) is 5.41. The van der Waals surface area contributed by atoms with E-state index in [1.807, 2.05) is 55.5 Å². The topological polar surface area (TPSA) is 114 Å². The fourth-order valence-electron chi connectivity index (χ4n) is 5.91. The Bertz CT molecular complexity index is 1300. The van der Waals surface area contributed by atoms with Crippen LogP contribution >= 0.6 is 11.6 Å². The zero-order valence-corrected chi connectivity index (χ0v) is 25.6. The predicted molar refractivity (Wildman–Crippen MR) is 165 cm³/mol. The average Bonchev–Trinajstić information content (AvgIpc) is 3.22. The summed E-state index contributed by atoms with van der Waals surface area (Å²) in [5, 5.41) is 6.65. The fourth-order valence-corrected chi connectivity index (χ4v) is 6.14. The minimum atomic E-state index is -1.16. The molecule has 2 aromatic rings. The largest absolute Gasteiger partial charge is 0.374 e. The van der Waals surface area contributed by atoms with Crippen LogP contribution in [0, 0.1) is 0 Å². The van der Waals surface area contributed by atoms with Crippen molar-refractivity contribution >= 4 is 34.9 Å². The van der Waals surface area contributed by atoms with Crippen molar-refractivity contribution in [2.75, 3.05) is 19.7 Å². The normalized spacial score (nSPS) is 17.2. The zero-order valence-electron chi connectivity index (χ0n) is 24.9. The molecule has 2 aromatic carbocycles. The molecule has 1 spiro atoms. The predicted octanol–water partition coefficient (Wildman–Crippen LogP) is 4.60. The molecule has 1 aliphatic carbocycles. The average molecular weight is 595 g/mol. The van der Waals surface area contributed by atoms with Crippen molar-refractivity contribution in [2.24, 2.45) is 5.73 Å². The van der Waals surface area contributed by atoms with Gasteiger partial charge >= 0.3 is 0 Å². The lowest BCUT2D eigenvalue weighted by molar-refractivity contribution is -0.139. The van der Waals surface area contributed by atoms with Gasteiger partial charge in [-0.05, 0) is 57.2 Å². The molecule has 1 atom stereocenters. The number of likely N-dealkylation sites (N-methyl/N-ethyl adjacent to an activating group) is 1. The molecule has 1 saturated carbocycles. The standard InChI is InChI=1S/C33H43ClN4O4/c1-4-38(30(40)27(36-31(41)32(2,3)35)22-42-21-23-13-7-5-8-14-23)20-17-25-28(24-15-9-10-16-26(24)34)29(39)37-33(25)18-11-6-12-19-33/h5,7-10,13-16,27H,4,6,11-12,17-22,35H2,1-3H3,(H,36,41)(H,37,39)/t27-/m1/s1. The summed E-state index contributed by atoms with van der Waals surface area (Å²) in [6.45, 7) is 6.23. The molecular formula is C33H43ClN4O4. The van der Waals surface area contributed by atoms with Crippen molar-refractivity contribution in [3.8, 4) is 0 Å². The third-order valence-electron chi connectivity index (χ3n) is 8.22. The Kier molecular flexibility index (Phi) is 10.5. The Morgan fingerprint density at radius 1 is 1.10 bits per heavy atom. The first-order valence-corrected chi connectivity index (χ1v) is 15.2. The van der Waals surface area contributed by atoms with E-state index in [0.29, 0.717) is 42.3 Å². The second kappa shape index (κ2) is 13.8. The lowest BCUT2D eigenvalue weighted by atomic mass is 9.75. The number of ether oxygens (including phenoxy) is 1. The summed E-state index contributed by atoms with van der Waals surface area (Å²) < 4.78 is 5.90. The molecular weight excluding hydrogens is 552 g/mol. The van der Waals surface area contributed by atoms with Gasteiger partial charge < -0.3 is 26.0 Å². The number of carbonyl (C=O) groups is 3. The molecule has 1 aliphatic heterocycles. The number of nitrogens with zero attached hydrogens (tertiary/aromatic N) is 1. The summed E-state index contributed by atoms with van der Waals surface area (Å²) in [5.74, 6) is -0.798. The van der Waals surface area contributed by atoms with Crippen LogP contribution in [0.1, 0.15) is 70.4 Å². The van der Waals surface area contributed by atoms with E-state index in [2.05, 4.69) is 10.6 Å². The van der Waals surface area contributed by atoms with Gasteiger partial charge in [-0.1, -0.05) is 79.4 Å². The second-order valence-electron chi connectivity index (χ2n) is 11.8. The Labute approximate surface area is 254 Å². The molecule has 1 heterocycles. The van der Waals surface area contributed by atoms with Crippen LogP contribution in [0.4, 0.5) is 0 Å². The van der Waals surface area contributed by atoms with Crippen molar-refractivity contribution in [3.63, 3.8) is 0 Å². The number of hydrogen-bond acceptors (Lipinski definition) is 5. The zero-order chi connectivity index (χ0) is 30.3. The van der Waals surface area contributed by atoms with Crippen molar-refractivity contribution in [3.05, 3.63) is 76.3 Å². The minimum absolute atomic E-state index is 0.00357. The molecule has 0 unspecified atom stereocenters. The van der Waals surface area contributed by atoms with Gasteiger partial charge in [0.15, 0.2) is 0 Å². The molecule has 4 rings (SSSR count). The maximum Gasteiger partial charge on any atom is 0.252 e. The van der Waals surface area contributed by atoms with E-state index in [1.54, 1.807) is 24.8 Å². The van der Waals surface area contributed by atoms with Crippen LogP contribution in [0.2, 0.25) is 5.02 Å². The van der Waals surface area contributed by atoms with Gasteiger partial charge in [-0.15, -0.1) is 0 Å². The quantitative estimate of drug-likeness (QED) is 0.332. The summed E-state index contributed by atoms with van der Waals surface area (Å²) in [5.41, 5.74) is 7.76. The lowest BCUT2D eigenvalue weighted by Crippen LogP contribution is -2.58. The highest BCUT2D eigenvalue weighted by atomic mass is 35.5. The van der Waals surface area contributed by atoms with E-state index in [4.69, 9.17) is 22.1 Å². The molecule has 226 valence electrons. The van der Waals surface area contributed by atoms with Crippen LogP contribution in [-0.4, -0.2) is 59.4 Å². The summed E-state index contributed by atoms with van der Waals surface area (Å²) in [4.78, 5) is 41.9. The number of carbonyl (C=O) groups excluding carboxylic acids is 3. The molecule has 1 fully saturated rings. The van der Waals surface area contributed by atoms with Gasteiger partial charge in [0.25, 0.3) is 5.91 Å². The van der Waals surface area contributed by atoms with Crippen molar-refractivity contribution < 1.29 is 19.1 Å². The lowest BCUT2D eigenvalue weighted by Gasteiger charge is -2.37. The summed E-state index contributed by atoms with van der Waals surface area (Å²) in [7, 11) is 0. The molecule has 8 nitrogen and oxygen atoms in total. The summed E-state index contributed by atoms with van der Waals surface area (Å²) in [6, 6.07) is 16.2. The Balaban J connectivity index is 1.57. The molecule has 4 N–H and O–H groups in total. The maximum absolute atomic E-state index is 13.9. The fraction of sp³-hybridized carbons (Fsp3) is 0.485. The molecule has 2 aliphatic rings. The van der Waals surface area contributed by atoms with Crippen LogP contribution in [0.15, 0.2) is 60.2 Å². The number of amides is 3. The Morgan fingerprint density at radius 2 is 1.76 bits per heavy atom. The van der Waals surface area contributed by atoms with Crippen LogP contribution in [-0.2, 0) is 25.7 Å². The highest BCUT2D eigenvalue weighted by Gasteiger charge is 2.46. The van der Waals surface area contributed by atoms with Crippen molar-refractivity contribution in [1.82, 2.24) is 15.5 Å². The van der Waals surface area contributed by atoms with E-state index >= 15 is 0 Å². The molecule has 3 amide bonds. The van der Waals surface area contributed by atoms with Gasteiger partial charge in [-0.25, -0.2) is 0 Å². The number of halogens is 1. The van der Waals surface area contributed by atoms with Crippen molar-refractivity contribution in [2.45, 2.75) is 83.0 Å². The first kappa shape index (κ1) is 31.7. The van der Waals surface area contributed by atoms with Crippen LogP contribution < -0.4 is 16.4 Å². The number of rotatable bonds is 12. The highest BCUT2D eigenvalue weighted by molar-refractivity contribution is 6.35. The van der Waals surface area contributed by atoms with E-state index in [1.165, 1.54) is 0 Å². The minimum Gasteiger partial charge on any atom is -0.374 e. The SMILES string of the molecule is CCN(CCC1=C(c2ccccc2Cl)C(=O)NC12CCCCC2)C(=O)[C@@H](COCc1ccccc1)NC(=O)C(C)(C)N. The van der Waals surface area contributed by atoms with Crippen LogP contribution in [0.3, 0.4) is 0 Å². The van der Waals surface area contributed by atoms with E-state index in [-0.39, 0.29) is 18.4 Å². The monoisotopic (exact) mass is 594 g/mol. The molecule has 0 saturated heterocycles. The second-order valence-corrected chi connectivity index (χ2v) is 12.3. The highest BCUT2D eigenvalue weighted by Crippen LogP contribution is 2.45. The Hall–Kier alpha value is -3.20. The van der Waals surface area contributed by atoms with Crippen LogP contribution in [0.5, 0.6) is 0 Å². The number of benzene rings is 2. The number of nitrogens with one attached hydrogen (secondary N) is 2. The smallest absolute Gasteiger partial charge is 0.252 e. The first-order chi connectivity index (χ1) is 20.1. The molecule has 9 heteroatoms. The molecule has 0 aromatic heterocycles. The summed E-state index contributed by atoms with van der Waals surface area (Å²) >= 11 is 6.58. The van der Waals surface area contributed by atoms with Gasteiger partial charge in [-0.3, -0.25) is 14.4 Å². The van der Waals surface area contributed by atoms with Gasteiger partial charge in [-0.2, -0.15) is 0 Å². The van der Waals surface area contributed by atoms with Gasteiger partial charge in [0.05, 0.1) is 24.3 Å². The number of hydrogen-bond donors (Lipinski definition) is 3. The molecule has 0 radical (unpaired) electrons. The Morgan fingerprint density at radius 3 is 2.40 bits per heavy atom. The van der Waals surface area contributed by atoms with E-state index < -0.39 is 23.0 Å². The van der Waals surface area contributed by atoms with Crippen LogP contribution in [0.25, 0.3) is 5.57 Å². The van der Waals surface area contributed by atoms with Gasteiger partial charge in [0.2, 0.25) is 11.8 Å². The van der Waals surface area contributed by atoms with E-state index in [9.17, 15) is 14.4 Å². The van der Waals surface area contributed by atoms with Crippen molar-refractivity contribution in [1.29, 1.82) is 0 Å². The van der Waals surface area contributed by atoms with Gasteiger partial charge in [0.1, 0.15) is 6.04 Å². The third kappa shape index (κ3) is 7.41.